The molecule has 0 radical (unpaired) electrons. The van der Waals surface area contributed by atoms with E-state index in [1.807, 2.05) is 12.1 Å². The Morgan fingerprint density at radius 3 is 2.88 bits per heavy atom. The quantitative estimate of drug-likeness (QED) is 0.555. The Balaban J connectivity index is 1.70. The molecule has 0 aliphatic heterocycles. The number of aromatic nitrogens is 2. The lowest BCUT2D eigenvalue weighted by molar-refractivity contribution is -0.115. The van der Waals surface area contributed by atoms with Crippen LogP contribution in [0.25, 0.3) is 10.6 Å². The van der Waals surface area contributed by atoms with Gasteiger partial charge in [0.2, 0.25) is 5.91 Å². The predicted molar refractivity (Wildman–Crippen MR) is 101 cm³/mol. The van der Waals surface area contributed by atoms with Crippen LogP contribution in [0.15, 0.2) is 53.0 Å². The molecule has 0 spiro atoms. The summed E-state index contributed by atoms with van der Waals surface area (Å²) in [5.41, 5.74) is 1.72. The summed E-state index contributed by atoms with van der Waals surface area (Å²) in [5.74, 6) is -2.99. The Morgan fingerprint density at radius 2 is 2.15 bits per heavy atom. The first-order valence-electron chi connectivity index (χ1n) is 7.41. The number of thioether (sulfide) groups is 1. The van der Waals surface area contributed by atoms with E-state index >= 15 is 0 Å². The van der Waals surface area contributed by atoms with E-state index in [-0.39, 0.29) is 27.9 Å². The molecule has 0 aliphatic carbocycles. The number of carbonyl (C=O) groups is 1. The number of pyridine rings is 1. The summed E-state index contributed by atoms with van der Waals surface area (Å²) in [6.07, 6.45) is 3.40. The molecule has 0 bridgehead atoms. The molecule has 3 rings (SSSR count). The number of alkyl halides is 2. The molecule has 26 heavy (non-hydrogen) atoms. The number of nitrogens with one attached hydrogen (secondary N) is 1. The number of hydrogen-bond donors (Lipinski definition) is 1. The minimum atomic E-state index is -2.63. The molecular formula is C17H12ClF2N3OS2. The van der Waals surface area contributed by atoms with Crippen LogP contribution in [0.1, 0.15) is 5.69 Å². The van der Waals surface area contributed by atoms with Gasteiger partial charge in [0.05, 0.1) is 27.7 Å². The maximum Gasteiger partial charge on any atom is 0.289 e. The molecule has 0 atom stereocenters. The number of thiazole rings is 1. The molecule has 1 amide bonds. The molecule has 9 heteroatoms. The van der Waals surface area contributed by atoms with Gasteiger partial charge in [0, 0.05) is 23.3 Å². The molecule has 2 heterocycles. The van der Waals surface area contributed by atoms with Gasteiger partial charge in [-0.05, 0) is 24.3 Å². The number of carbonyl (C=O) groups excluding carboxylic acids is 1. The fourth-order valence-electron chi connectivity index (χ4n) is 2.19. The molecule has 1 N–H and O–H groups in total. The highest BCUT2D eigenvalue weighted by Crippen LogP contribution is 2.37. The van der Waals surface area contributed by atoms with Crippen molar-refractivity contribution in [2.75, 3.05) is 5.32 Å². The van der Waals surface area contributed by atoms with E-state index in [1.165, 1.54) is 23.5 Å². The lowest BCUT2D eigenvalue weighted by Gasteiger charge is -2.11. The van der Waals surface area contributed by atoms with Gasteiger partial charge < -0.3 is 5.32 Å². The third-order valence-electron chi connectivity index (χ3n) is 3.25. The zero-order valence-corrected chi connectivity index (χ0v) is 15.5. The van der Waals surface area contributed by atoms with Crippen LogP contribution in [0.3, 0.4) is 0 Å². The van der Waals surface area contributed by atoms with E-state index in [1.54, 1.807) is 23.8 Å². The maximum atomic E-state index is 12.7. The van der Waals surface area contributed by atoms with Crippen molar-refractivity contribution in [1.29, 1.82) is 0 Å². The monoisotopic (exact) mass is 411 g/mol. The zero-order valence-electron chi connectivity index (χ0n) is 13.2. The lowest BCUT2D eigenvalue weighted by Crippen LogP contribution is -2.15. The Labute approximate surface area is 161 Å². The first-order valence-corrected chi connectivity index (χ1v) is 9.54. The van der Waals surface area contributed by atoms with Crippen molar-refractivity contribution in [3.63, 3.8) is 0 Å². The number of benzene rings is 1. The van der Waals surface area contributed by atoms with Crippen molar-refractivity contribution in [1.82, 2.24) is 9.97 Å². The average Bonchev–Trinajstić information content (AvgIpc) is 3.07. The molecule has 134 valence electrons. The Morgan fingerprint density at radius 1 is 1.31 bits per heavy atom. The smallest absolute Gasteiger partial charge is 0.289 e. The molecule has 2 aromatic heterocycles. The molecule has 0 saturated carbocycles. The highest BCUT2D eigenvalue weighted by atomic mass is 35.5. The van der Waals surface area contributed by atoms with E-state index in [9.17, 15) is 13.6 Å². The standard InChI is InChI=1S/C17H12ClF2N3OS2/c18-12-4-1-5-13(15(12)26-17(19)20)23-14(24)7-11-9-25-16(22-11)10-3-2-6-21-8-10/h1-6,8-9,17H,7H2,(H,23,24). The SMILES string of the molecule is O=C(Cc1csc(-c2cccnc2)n1)Nc1cccc(Cl)c1SC(F)F. The van der Waals surface area contributed by atoms with Gasteiger partial charge in [-0.3, -0.25) is 9.78 Å². The van der Waals surface area contributed by atoms with E-state index in [0.717, 1.165) is 10.6 Å². The van der Waals surface area contributed by atoms with Crippen LogP contribution < -0.4 is 5.32 Å². The number of hydrogen-bond acceptors (Lipinski definition) is 5. The fraction of sp³-hybridized carbons (Fsp3) is 0.118. The van der Waals surface area contributed by atoms with Gasteiger partial charge in [0.25, 0.3) is 5.76 Å². The number of amides is 1. The predicted octanol–water partition coefficient (Wildman–Crippen LogP) is 5.35. The van der Waals surface area contributed by atoms with Crippen LogP contribution in [0.4, 0.5) is 14.5 Å². The highest BCUT2D eigenvalue weighted by molar-refractivity contribution is 7.99. The van der Waals surface area contributed by atoms with E-state index in [2.05, 4.69) is 15.3 Å². The van der Waals surface area contributed by atoms with Crippen molar-refractivity contribution in [3.05, 3.63) is 58.8 Å². The van der Waals surface area contributed by atoms with Gasteiger partial charge in [-0.1, -0.05) is 29.4 Å². The number of anilines is 1. The topological polar surface area (TPSA) is 54.9 Å². The highest BCUT2D eigenvalue weighted by Gasteiger charge is 2.16. The van der Waals surface area contributed by atoms with E-state index in [0.29, 0.717) is 17.5 Å². The maximum absolute atomic E-state index is 12.7. The molecule has 0 aliphatic rings. The summed E-state index contributed by atoms with van der Waals surface area (Å²) in [6.45, 7) is 0. The summed E-state index contributed by atoms with van der Waals surface area (Å²) in [4.78, 5) is 20.9. The zero-order chi connectivity index (χ0) is 18.5. The Hall–Kier alpha value is -2.03. The Kier molecular flexibility index (Phi) is 6.18. The second-order valence-corrected chi connectivity index (χ2v) is 7.37. The minimum Gasteiger partial charge on any atom is -0.325 e. The fourth-order valence-corrected chi connectivity index (χ4v) is 3.91. The largest absolute Gasteiger partial charge is 0.325 e. The molecule has 0 fully saturated rings. The van der Waals surface area contributed by atoms with Crippen LogP contribution in [0, 0.1) is 0 Å². The van der Waals surface area contributed by atoms with Crippen LogP contribution >= 0.6 is 34.7 Å². The summed E-state index contributed by atoms with van der Waals surface area (Å²) in [7, 11) is 0. The van der Waals surface area contributed by atoms with Crippen LogP contribution in [0.5, 0.6) is 0 Å². The average molecular weight is 412 g/mol. The van der Waals surface area contributed by atoms with Gasteiger partial charge in [0.15, 0.2) is 0 Å². The molecule has 4 nitrogen and oxygen atoms in total. The molecular weight excluding hydrogens is 400 g/mol. The number of nitrogens with zero attached hydrogens (tertiary/aromatic N) is 2. The van der Waals surface area contributed by atoms with Gasteiger partial charge in [-0.15, -0.1) is 11.3 Å². The second-order valence-electron chi connectivity index (χ2n) is 5.11. The second kappa shape index (κ2) is 8.57. The van der Waals surface area contributed by atoms with Gasteiger partial charge in [-0.2, -0.15) is 8.78 Å². The van der Waals surface area contributed by atoms with Crippen molar-refractivity contribution in [3.8, 4) is 10.6 Å². The molecule has 1 aromatic carbocycles. The molecule has 3 aromatic rings. The van der Waals surface area contributed by atoms with E-state index < -0.39 is 5.76 Å². The lowest BCUT2D eigenvalue weighted by atomic mass is 10.2. The minimum absolute atomic E-state index is 0.0298. The van der Waals surface area contributed by atoms with Crippen molar-refractivity contribution in [2.24, 2.45) is 0 Å². The third kappa shape index (κ3) is 4.78. The number of rotatable bonds is 6. The van der Waals surface area contributed by atoms with Gasteiger partial charge >= 0.3 is 0 Å². The van der Waals surface area contributed by atoms with Crippen molar-refractivity contribution < 1.29 is 13.6 Å². The van der Waals surface area contributed by atoms with E-state index in [4.69, 9.17) is 11.6 Å². The van der Waals surface area contributed by atoms with Gasteiger partial charge in [0.1, 0.15) is 5.01 Å². The van der Waals surface area contributed by atoms with Crippen LogP contribution in [-0.4, -0.2) is 21.6 Å². The van der Waals surface area contributed by atoms with Gasteiger partial charge in [-0.25, -0.2) is 4.98 Å². The van der Waals surface area contributed by atoms with Crippen molar-refractivity contribution >= 4 is 46.3 Å². The molecule has 0 saturated heterocycles. The van der Waals surface area contributed by atoms with Crippen LogP contribution in [0.2, 0.25) is 5.02 Å². The first kappa shape index (κ1) is 18.8. The normalized spacial score (nSPS) is 10.9. The third-order valence-corrected chi connectivity index (χ3v) is 5.47. The number of halogens is 3. The summed E-state index contributed by atoms with van der Waals surface area (Å²) in [5, 5.41) is 5.34. The Bertz CT molecular complexity index is 906. The summed E-state index contributed by atoms with van der Waals surface area (Å²) in [6, 6.07) is 8.33. The first-order chi connectivity index (χ1) is 12.5. The summed E-state index contributed by atoms with van der Waals surface area (Å²) < 4.78 is 25.4. The summed E-state index contributed by atoms with van der Waals surface area (Å²) >= 11 is 7.68. The van der Waals surface area contributed by atoms with Crippen molar-refractivity contribution in [2.45, 2.75) is 17.1 Å². The van der Waals surface area contributed by atoms with Crippen LogP contribution in [-0.2, 0) is 11.2 Å². The molecule has 0 unspecified atom stereocenters.